The van der Waals surface area contributed by atoms with Gasteiger partial charge in [0.2, 0.25) is 5.91 Å². The molecular formula is C24H27F7N2O. The summed E-state index contributed by atoms with van der Waals surface area (Å²) in [6.07, 6.45) is -4.50. The highest BCUT2D eigenvalue weighted by Gasteiger charge is 2.47. The number of amides is 1. The Kier molecular flexibility index (Phi) is 8.74. The number of hydrogen-bond donors (Lipinski definition) is 2. The molecule has 1 aliphatic rings. The van der Waals surface area contributed by atoms with Crippen molar-refractivity contribution in [1.29, 1.82) is 0 Å². The summed E-state index contributed by atoms with van der Waals surface area (Å²) in [5.41, 5.74) is -4.16. The standard InChI is InChI=1S/C24H27F7N2O/c1-4-6-17(9-15(3)25)22(8-7-20(13-22)32-5-2)21(34)33-14-16-10-18(23(26,27)28)12-19(11-16)24(29,30)31/h4,6,9-12,20,32H,3,5,7-8,13-14H2,1-2H3,(H,33,34)/b6-4?,17-9+. The zero-order valence-electron chi connectivity index (χ0n) is 18.8. The molecule has 0 aromatic heterocycles. The number of rotatable bonds is 8. The number of allylic oxidation sites excluding steroid dienone is 4. The summed E-state index contributed by atoms with van der Waals surface area (Å²) >= 11 is 0. The van der Waals surface area contributed by atoms with E-state index in [2.05, 4.69) is 17.2 Å². The molecule has 3 nitrogen and oxygen atoms in total. The van der Waals surface area contributed by atoms with Crippen LogP contribution in [0, 0.1) is 5.41 Å². The molecule has 0 heterocycles. The number of halogens is 7. The normalized spacial score (nSPS) is 21.8. The number of hydrogen-bond acceptors (Lipinski definition) is 2. The Bertz CT molecular complexity index is 931. The van der Waals surface area contributed by atoms with Crippen LogP contribution in [0.2, 0.25) is 0 Å². The molecule has 1 amide bonds. The third kappa shape index (κ3) is 6.71. The molecule has 2 N–H and O–H groups in total. The molecule has 34 heavy (non-hydrogen) atoms. The minimum Gasteiger partial charge on any atom is -0.351 e. The summed E-state index contributed by atoms with van der Waals surface area (Å²) in [6, 6.07) is 1.11. The van der Waals surface area contributed by atoms with Crippen LogP contribution in [0.5, 0.6) is 0 Å². The smallest absolute Gasteiger partial charge is 0.351 e. The molecule has 1 aromatic rings. The topological polar surface area (TPSA) is 41.1 Å². The zero-order valence-corrected chi connectivity index (χ0v) is 18.8. The maximum absolute atomic E-state index is 13.7. The highest BCUT2D eigenvalue weighted by molar-refractivity contribution is 5.87. The Balaban J connectivity index is 2.41. The van der Waals surface area contributed by atoms with Crippen molar-refractivity contribution in [3.63, 3.8) is 0 Å². The van der Waals surface area contributed by atoms with Crippen molar-refractivity contribution in [2.24, 2.45) is 5.41 Å². The Labute approximate surface area is 193 Å². The predicted octanol–water partition coefficient (Wildman–Crippen LogP) is 6.47. The molecular weight excluding hydrogens is 465 g/mol. The minimum absolute atomic E-state index is 0.0323. The molecule has 0 saturated heterocycles. The SMILES string of the molecule is C=C(F)/C=C(\C=CC)C1(C(=O)NCc2cc(C(F)(F)F)cc(C(F)(F)F)c2)CCC(NCC)C1. The van der Waals surface area contributed by atoms with Gasteiger partial charge in [0.25, 0.3) is 0 Å². The van der Waals surface area contributed by atoms with E-state index in [4.69, 9.17) is 0 Å². The van der Waals surface area contributed by atoms with Gasteiger partial charge in [-0.15, -0.1) is 0 Å². The van der Waals surface area contributed by atoms with E-state index in [1.165, 1.54) is 0 Å². The summed E-state index contributed by atoms with van der Waals surface area (Å²) in [5.74, 6) is -1.38. The van der Waals surface area contributed by atoms with Crippen molar-refractivity contribution in [1.82, 2.24) is 10.6 Å². The summed E-state index contributed by atoms with van der Waals surface area (Å²) in [5, 5.41) is 5.71. The fraction of sp³-hybridized carbons (Fsp3) is 0.458. The quantitative estimate of drug-likeness (QED) is 0.322. The summed E-state index contributed by atoms with van der Waals surface area (Å²) in [4.78, 5) is 13.3. The molecule has 1 aliphatic carbocycles. The van der Waals surface area contributed by atoms with E-state index in [0.29, 0.717) is 37.1 Å². The number of alkyl halides is 6. The lowest BCUT2D eigenvalue weighted by atomic mass is 9.76. The number of carbonyl (C=O) groups excluding carboxylic acids is 1. The lowest BCUT2D eigenvalue weighted by molar-refractivity contribution is -0.143. The van der Waals surface area contributed by atoms with E-state index in [-0.39, 0.29) is 24.1 Å². The Morgan fingerprint density at radius 3 is 2.21 bits per heavy atom. The van der Waals surface area contributed by atoms with E-state index in [1.807, 2.05) is 6.92 Å². The van der Waals surface area contributed by atoms with E-state index in [9.17, 15) is 35.5 Å². The molecule has 0 aliphatic heterocycles. The largest absolute Gasteiger partial charge is 0.416 e. The van der Waals surface area contributed by atoms with Gasteiger partial charge in [-0.2, -0.15) is 26.3 Å². The molecule has 10 heteroatoms. The summed E-state index contributed by atoms with van der Waals surface area (Å²) in [7, 11) is 0. The van der Waals surface area contributed by atoms with Crippen molar-refractivity contribution in [3.8, 4) is 0 Å². The van der Waals surface area contributed by atoms with Crippen LogP contribution in [0.4, 0.5) is 30.7 Å². The maximum atomic E-state index is 13.7. The van der Waals surface area contributed by atoms with Crippen LogP contribution >= 0.6 is 0 Å². The van der Waals surface area contributed by atoms with Crippen molar-refractivity contribution in [2.45, 2.75) is 58.0 Å². The van der Waals surface area contributed by atoms with Gasteiger partial charge < -0.3 is 10.6 Å². The van der Waals surface area contributed by atoms with Crippen LogP contribution in [0.15, 0.2) is 54.4 Å². The molecule has 1 fully saturated rings. The highest BCUT2D eigenvalue weighted by atomic mass is 19.4. The first-order valence-electron chi connectivity index (χ1n) is 10.7. The molecule has 2 unspecified atom stereocenters. The van der Waals surface area contributed by atoms with Crippen LogP contribution in [-0.2, 0) is 23.7 Å². The number of benzene rings is 1. The van der Waals surface area contributed by atoms with Crippen molar-refractivity contribution < 1.29 is 35.5 Å². The van der Waals surface area contributed by atoms with Gasteiger partial charge in [0.05, 0.1) is 16.5 Å². The predicted molar refractivity (Wildman–Crippen MR) is 115 cm³/mol. The lowest BCUT2D eigenvalue weighted by Crippen LogP contribution is -2.41. The first kappa shape index (κ1) is 27.6. The van der Waals surface area contributed by atoms with Crippen molar-refractivity contribution in [2.75, 3.05) is 6.54 Å². The van der Waals surface area contributed by atoms with Gasteiger partial charge >= 0.3 is 12.4 Å². The van der Waals surface area contributed by atoms with Crippen molar-refractivity contribution in [3.05, 3.63) is 71.1 Å². The fourth-order valence-electron chi connectivity index (χ4n) is 4.27. The van der Waals surface area contributed by atoms with Crippen LogP contribution in [-0.4, -0.2) is 18.5 Å². The molecule has 1 saturated carbocycles. The van der Waals surface area contributed by atoms with Gasteiger partial charge in [0.15, 0.2) is 0 Å². The average molecular weight is 492 g/mol. The summed E-state index contributed by atoms with van der Waals surface area (Å²) in [6.45, 7) is 6.86. The monoisotopic (exact) mass is 492 g/mol. The number of nitrogens with one attached hydrogen (secondary N) is 2. The maximum Gasteiger partial charge on any atom is 0.416 e. The second-order valence-corrected chi connectivity index (χ2v) is 8.22. The molecule has 0 spiro atoms. The Morgan fingerprint density at radius 1 is 1.15 bits per heavy atom. The van der Waals surface area contributed by atoms with Gasteiger partial charge in [-0.3, -0.25) is 4.79 Å². The second-order valence-electron chi connectivity index (χ2n) is 8.22. The summed E-state index contributed by atoms with van der Waals surface area (Å²) < 4.78 is 92.6. The second kappa shape index (κ2) is 10.8. The first-order valence-corrected chi connectivity index (χ1v) is 10.7. The number of carbonyl (C=O) groups is 1. The third-order valence-electron chi connectivity index (χ3n) is 5.75. The van der Waals surface area contributed by atoms with E-state index in [1.54, 1.807) is 19.1 Å². The minimum atomic E-state index is -4.99. The van der Waals surface area contributed by atoms with Gasteiger partial charge in [0, 0.05) is 12.6 Å². The fourth-order valence-corrected chi connectivity index (χ4v) is 4.27. The zero-order chi connectivity index (χ0) is 25.7. The van der Waals surface area contributed by atoms with E-state index >= 15 is 0 Å². The van der Waals surface area contributed by atoms with Crippen LogP contribution in [0.1, 0.15) is 49.8 Å². The lowest BCUT2D eigenvalue weighted by Gasteiger charge is -2.30. The van der Waals surface area contributed by atoms with Gasteiger partial charge in [0.1, 0.15) is 5.83 Å². The molecule has 0 bridgehead atoms. The van der Waals surface area contributed by atoms with Gasteiger partial charge in [-0.1, -0.05) is 25.7 Å². The van der Waals surface area contributed by atoms with Crippen LogP contribution in [0.3, 0.4) is 0 Å². The molecule has 1 aromatic carbocycles. The van der Waals surface area contributed by atoms with Crippen LogP contribution < -0.4 is 10.6 Å². The molecule has 0 radical (unpaired) electrons. The third-order valence-corrected chi connectivity index (χ3v) is 5.75. The molecule has 188 valence electrons. The van der Waals surface area contributed by atoms with Crippen LogP contribution in [0.25, 0.3) is 0 Å². The van der Waals surface area contributed by atoms with Gasteiger partial charge in [-0.25, -0.2) is 4.39 Å². The van der Waals surface area contributed by atoms with Crippen molar-refractivity contribution >= 4 is 5.91 Å². The molecule has 2 rings (SSSR count). The molecule has 2 atom stereocenters. The van der Waals surface area contributed by atoms with E-state index in [0.717, 1.165) is 6.08 Å². The van der Waals surface area contributed by atoms with E-state index < -0.39 is 47.2 Å². The Morgan fingerprint density at radius 2 is 1.74 bits per heavy atom. The highest BCUT2D eigenvalue weighted by Crippen LogP contribution is 2.46. The average Bonchev–Trinajstić information content (AvgIpc) is 3.15. The first-order chi connectivity index (χ1) is 15.7. The van der Waals surface area contributed by atoms with Gasteiger partial charge in [-0.05, 0) is 68.1 Å². The Hall–Kier alpha value is -2.62.